The van der Waals surface area contributed by atoms with Crippen LogP contribution in [0.4, 0.5) is 0 Å². The third-order valence-electron chi connectivity index (χ3n) is 3.85. The molecule has 2 aliphatic rings. The van der Waals surface area contributed by atoms with Crippen molar-refractivity contribution in [3.8, 4) is 0 Å². The van der Waals surface area contributed by atoms with Crippen LogP contribution >= 0.6 is 23.2 Å². The lowest BCUT2D eigenvalue weighted by molar-refractivity contribution is 0.536. The molecular formula is C12H20Cl2Si. The molecule has 0 aromatic rings. The smallest absolute Gasteiger partial charge is 0.0640 e. The van der Waals surface area contributed by atoms with E-state index in [9.17, 15) is 0 Å². The Morgan fingerprint density at radius 1 is 1.40 bits per heavy atom. The predicted molar refractivity (Wildman–Crippen MR) is 71.9 cm³/mol. The van der Waals surface area contributed by atoms with E-state index >= 15 is 0 Å². The number of allylic oxidation sites excluding steroid dienone is 2. The molecule has 0 saturated carbocycles. The minimum absolute atomic E-state index is 0.106. The Kier molecular flexibility index (Phi) is 3.27. The van der Waals surface area contributed by atoms with E-state index in [4.69, 9.17) is 23.2 Å². The highest BCUT2D eigenvalue weighted by Gasteiger charge is 2.37. The Morgan fingerprint density at radius 2 is 2.13 bits per heavy atom. The van der Waals surface area contributed by atoms with Crippen LogP contribution in [0.3, 0.4) is 0 Å². The van der Waals surface area contributed by atoms with Crippen molar-refractivity contribution in [3.05, 3.63) is 11.6 Å². The molecule has 3 heteroatoms. The summed E-state index contributed by atoms with van der Waals surface area (Å²) in [5, 5.41) is 0.269. The Labute approximate surface area is 104 Å². The molecule has 1 aliphatic heterocycles. The normalized spacial score (nSPS) is 40.3. The molecule has 0 unspecified atom stereocenters. The summed E-state index contributed by atoms with van der Waals surface area (Å²) >= 11 is 13.0. The molecule has 0 saturated heterocycles. The molecule has 86 valence electrons. The van der Waals surface area contributed by atoms with Gasteiger partial charge in [0.2, 0.25) is 0 Å². The maximum absolute atomic E-state index is 6.67. The Hall–Kier alpha value is 0.537. The van der Waals surface area contributed by atoms with Crippen molar-refractivity contribution in [2.45, 2.75) is 61.1 Å². The maximum Gasteiger partial charge on any atom is 0.0640 e. The molecule has 1 heterocycles. The summed E-state index contributed by atoms with van der Waals surface area (Å²) in [4.78, 5) is -0.106. The van der Waals surface area contributed by atoms with Gasteiger partial charge in [0.15, 0.2) is 0 Å². The molecule has 15 heavy (non-hydrogen) atoms. The first-order valence-corrected chi connectivity index (χ1v) is 10.2. The van der Waals surface area contributed by atoms with Gasteiger partial charge in [0.05, 0.1) is 4.87 Å². The van der Waals surface area contributed by atoms with Crippen LogP contribution in [0.15, 0.2) is 11.6 Å². The minimum Gasteiger partial charge on any atom is -0.123 e. The SMILES string of the molecule is C[Si]1(C)CCC2=C[C@](Cl)(CC1)C[C@H](Cl)C2. The fraction of sp³-hybridized carbons (Fsp3) is 0.833. The van der Waals surface area contributed by atoms with Crippen LogP contribution in [-0.4, -0.2) is 18.3 Å². The molecule has 0 N–H and O–H groups in total. The van der Waals surface area contributed by atoms with Crippen molar-refractivity contribution in [3.63, 3.8) is 0 Å². The lowest BCUT2D eigenvalue weighted by Crippen LogP contribution is -2.35. The second-order valence-electron chi connectivity index (χ2n) is 6.01. The zero-order valence-corrected chi connectivity index (χ0v) is 12.2. The number of rotatable bonds is 0. The van der Waals surface area contributed by atoms with Crippen LogP contribution in [0.5, 0.6) is 0 Å². The van der Waals surface area contributed by atoms with E-state index in [1.165, 1.54) is 24.1 Å². The monoisotopic (exact) mass is 262 g/mol. The van der Waals surface area contributed by atoms with Gasteiger partial charge in [-0.1, -0.05) is 36.8 Å². The van der Waals surface area contributed by atoms with Gasteiger partial charge in [0, 0.05) is 13.5 Å². The van der Waals surface area contributed by atoms with Gasteiger partial charge in [-0.15, -0.1) is 23.2 Å². The van der Waals surface area contributed by atoms with Crippen LogP contribution in [0.2, 0.25) is 25.2 Å². The highest BCUT2D eigenvalue weighted by Crippen LogP contribution is 2.43. The maximum atomic E-state index is 6.67. The molecule has 0 nitrogen and oxygen atoms in total. The number of halogens is 2. The first-order chi connectivity index (χ1) is 6.89. The summed E-state index contributed by atoms with van der Waals surface area (Å²) in [6, 6.07) is 2.76. The highest BCUT2D eigenvalue weighted by molar-refractivity contribution is 6.77. The Bertz CT molecular complexity index is 285. The standard InChI is InChI=1S/C12H20Cl2Si/c1-15(2)5-3-10-7-11(13)9-12(14,8-10)4-6-15/h8,11H,3-7,9H2,1-2H3/t11-,12-/m1/s1. The van der Waals surface area contributed by atoms with E-state index in [0.29, 0.717) is 0 Å². The molecule has 0 radical (unpaired) electrons. The molecule has 0 aromatic heterocycles. The van der Waals surface area contributed by atoms with Crippen molar-refractivity contribution < 1.29 is 0 Å². The second kappa shape index (κ2) is 4.08. The van der Waals surface area contributed by atoms with Gasteiger partial charge in [0.1, 0.15) is 0 Å². The number of fused-ring (bicyclic) bond motifs is 1. The third kappa shape index (κ3) is 3.01. The average Bonchev–Trinajstić information content (AvgIpc) is 2.10. The van der Waals surface area contributed by atoms with Crippen molar-refractivity contribution in [1.82, 2.24) is 0 Å². The molecule has 1 aliphatic carbocycles. The summed E-state index contributed by atoms with van der Waals surface area (Å²) in [7, 11) is -0.976. The summed E-state index contributed by atoms with van der Waals surface area (Å²) in [5.74, 6) is 0. The summed E-state index contributed by atoms with van der Waals surface area (Å²) in [6.07, 6.45) is 6.75. The zero-order valence-electron chi connectivity index (χ0n) is 9.65. The van der Waals surface area contributed by atoms with E-state index in [1.54, 1.807) is 0 Å². The van der Waals surface area contributed by atoms with Gasteiger partial charge < -0.3 is 0 Å². The van der Waals surface area contributed by atoms with Gasteiger partial charge in [-0.05, 0) is 25.7 Å². The van der Waals surface area contributed by atoms with Crippen LogP contribution in [0, 0.1) is 0 Å². The predicted octanol–water partition coefficient (Wildman–Crippen LogP) is 4.79. The van der Waals surface area contributed by atoms with Gasteiger partial charge >= 0.3 is 0 Å². The van der Waals surface area contributed by atoms with Crippen molar-refractivity contribution in [2.75, 3.05) is 0 Å². The molecule has 0 spiro atoms. The molecule has 2 atom stereocenters. The van der Waals surface area contributed by atoms with Crippen molar-refractivity contribution in [1.29, 1.82) is 0 Å². The van der Waals surface area contributed by atoms with E-state index in [1.807, 2.05) is 0 Å². The third-order valence-corrected chi connectivity index (χ3v) is 7.82. The van der Waals surface area contributed by atoms with Crippen LogP contribution in [-0.2, 0) is 0 Å². The largest absolute Gasteiger partial charge is 0.123 e. The number of alkyl halides is 2. The molecular weight excluding hydrogens is 243 g/mol. The van der Waals surface area contributed by atoms with Gasteiger partial charge in [-0.3, -0.25) is 0 Å². The zero-order chi connectivity index (χ0) is 11.1. The van der Waals surface area contributed by atoms with Gasteiger partial charge in [-0.25, -0.2) is 0 Å². The average molecular weight is 263 g/mol. The highest BCUT2D eigenvalue weighted by atomic mass is 35.5. The fourth-order valence-electron chi connectivity index (χ4n) is 2.73. The summed E-state index contributed by atoms with van der Waals surface area (Å²) < 4.78 is 0. The quantitative estimate of drug-likeness (QED) is 0.335. The van der Waals surface area contributed by atoms with Gasteiger partial charge in [-0.2, -0.15) is 0 Å². The minimum atomic E-state index is -0.976. The Balaban J connectivity index is 2.21. The van der Waals surface area contributed by atoms with Crippen LogP contribution in [0.1, 0.15) is 25.7 Å². The molecule has 2 bridgehead atoms. The summed E-state index contributed by atoms with van der Waals surface area (Å²) in [6.45, 7) is 4.99. The van der Waals surface area contributed by atoms with E-state index < -0.39 is 8.07 Å². The second-order valence-corrected chi connectivity index (χ2v) is 12.7. The molecule has 2 rings (SSSR count). The van der Waals surface area contributed by atoms with E-state index in [2.05, 4.69) is 19.2 Å². The summed E-state index contributed by atoms with van der Waals surface area (Å²) in [5.41, 5.74) is 1.52. The Morgan fingerprint density at radius 3 is 2.87 bits per heavy atom. The fourth-order valence-corrected chi connectivity index (χ4v) is 6.24. The number of hydrogen-bond donors (Lipinski definition) is 0. The number of hydrogen-bond acceptors (Lipinski definition) is 0. The molecule has 0 aromatic carbocycles. The first kappa shape index (κ1) is 12.0. The van der Waals surface area contributed by atoms with Crippen molar-refractivity contribution in [2.24, 2.45) is 0 Å². The topological polar surface area (TPSA) is 0 Å². The van der Waals surface area contributed by atoms with Crippen molar-refractivity contribution >= 4 is 31.3 Å². The molecule has 0 amide bonds. The lowest BCUT2D eigenvalue weighted by atomic mass is 9.86. The van der Waals surface area contributed by atoms with E-state index in [0.717, 1.165) is 19.3 Å². The lowest BCUT2D eigenvalue weighted by Gasteiger charge is -2.38. The van der Waals surface area contributed by atoms with Crippen LogP contribution < -0.4 is 0 Å². The van der Waals surface area contributed by atoms with Crippen LogP contribution in [0.25, 0.3) is 0 Å². The van der Waals surface area contributed by atoms with E-state index in [-0.39, 0.29) is 10.3 Å². The molecule has 0 fully saturated rings. The first-order valence-electron chi connectivity index (χ1n) is 5.92. The van der Waals surface area contributed by atoms with Gasteiger partial charge in [0.25, 0.3) is 0 Å².